The molecule has 9 heteroatoms. The van der Waals surface area contributed by atoms with Crippen LogP contribution >= 0.6 is 0 Å². The third-order valence-corrected chi connectivity index (χ3v) is 7.14. The van der Waals surface area contributed by atoms with Gasteiger partial charge in [0.25, 0.3) is 0 Å². The average Bonchev–Trinajstić information content (AvgIpc) is 2.90. The molecule has 0 amide bonds. The lowest BCUT2D eigenvalue weighted by Crippen LogP contribution is -2.28. The monoisotopic (exact) mass is 558 g/mol. The zero-order valence-corrected chi connectivity index (χ0v) is 23.0. The van der Waals surface area contributed by atoms with Crippen LogP contribution in [0.5, 0.6) is 23.0 Å². The van der Waals surface area contributed by atoms with Crippen LogP contribution in [0.2, 0.25) is 0 Å². The van der Waals surface area contributed by atoms with Crippen molar-refractivity contribution in [2.45, 2.75) is 46.6 Å². The largest absolute Gasteiger partial charge is 0.507 e. The number of benzene rings is 2. The summed E-state index contributed by atoms with van der Waals surface area (Å²) in [5.74, 6) is -6.75. The Morgan fingerprint density at radius 3 is 1.68 bits per heavy atom. The summed E-state index contributed by atoms with van der Waals surface area (Å²) in [5, 5.41) is 53.0. The molecule has 0 aromatic heterocycles. The summed E-state index contributed by atoms with van der Waals surface area (Å²) < 4.78 is 0. The summed E-state index contributed by atoms with van der Waals surface area (Å²) in [7, 11) is 0. The summed E-state index contributed by atoms with van der Waals surface area (Å²) in [6, 6.07) is 3.20. The molecule has 2 unspecified atom stereocenters. The minimum atomic E-state index is -1.30. The topological polar surface area (TPSA) is 169 Å². The van der Waals surface area contributed by atoms with Crippen molar-refractivity contribution in [3.05, 3.63) is 92.6 Å². The van der Waals surface area contributed by atoms with Crippen LogP contribution in [-0.4, -0.2) is 48.7 Å². The number of fused-ring (bicyclic) bond motifs is 2. The van der Waals surface area contributed by atoms with Crippen molar-refractivity contribution in [2.24, 2.45) is 5.92 Å². The van der Waals surface area contributed by atoms with Gasteiger partial charge in [-0.3, -0.25) is 19.2 Å². The van der Waals surface area contributed by atoms with Crippen LogP contribution in [0.3, 0.4) is 0 Å². The Hall–Kier alpha value is -4.76. The molecule has 0 spiro atoms. The smallest absolute Gasteiger partial charge is 0.194 e. The Kier molecular flexibility index (Phi) is 7.85. The van der Waals surface area contributed by atoms with Crippen LogP contribution in [0, 0.1) is 5.92 Å². The van der Waals surface area contributed by atoms with E-state index >= 15 is 0 Å². The minimum absolute atomic E-state index is 0.00207. The molecule has 2 atom stereocenters. The number of hydrogen-bond donors (Lipinski definition) is 5. The van der Waals surface area contributed by atoms with E-state index in [0.717, 1.165) is 41.5 Å². The molecular weight excluding hydrogens is 528 g/mol. The van der Waals surface area contributed by atoms with E-state index in [-0.39, 0.29) is 35.1 Å². The van der Waals surface area contributed by atoms with Crippen LogP contribution in [-0.2, 0) is 0 Å². The number of Topliss-reactive ketones (excluding diaryl/α,β-unsaturated/α-hetero) is 2. The van der Waals surface area contributed by atoms with Gasteiger partial charge in [-0.1, -0.05) is 23.3 Å². The highest BCUT2D eigenvalue weighted by molar-refractivity contribution is 6.30. The van der Waals surface area contributed by atoms with Crippen molar-refractivity contribution >= 4 is 23.1 Å². The molecule has 2 aliphatic rings. The van der Waals surface area contributed by atoms with E-state index in [2.05, 4.69) is 0 Å². The molecule has 9 nitrogen and oxygen atoms in total. The summed E-state index contributed by atoms with van der Waals surface area (Å²) in [6.07, 6.45) is 4.11. The molecule has 2 aromatic carbocycles. The maximum atomic E-state index is 13.9. The Labute approximate surface area is 236 Å². The average molecular weight is 559 g/mol. The first-order chi connectivity index (χ1) is 19.2. The summed E-state index contributed by atoms with van der Waals surface area (Å²) >= 11 is 0. The van der Waals surface area contributed by atoms with Crippen molar-refractivity contribution in [2.75, 3.05) is 0 Å². The molecule has 0 aliphatic heterocycles. The molecule has 0 radical (unpaired) electrons. The molecule has 0 heterocycles. The number of aliphatic hydroxyl groups is 1. The predicted octanol–water partition coefficient (Wildman–Crippen LogP) is 5.18. The van der Waals surface area contributed by atoms with Gasteiger partial charge in [0, 0.05) is 22.6 Å². The van der Waals surface area contributed by atoms with E-state index in [9.17, 15) is 44.7 Å². The molecule has 0 fully saturated rings. The van der Waals surface area contributed by atoms with E-state index in [1.807, 2.05) is 13.8 Å². The van der Waals surface area contributed by atoms with Gasteiger partial charge in [0.2, 0.25) is 0 Å². The van der Waals surface area contributed by atoms with E-state index < -0.39 is 74.8 Å². The lowest BCUT2D eigenvalue weighted by atomic mass is 9.73. The number of hydrogen-bond acceptors (Lipinski definition) is 9. The molecule has 2 aliphatic carbocycles. The number of allylic oxidation sites excluding steroid dienone is 7. The lowest BCUT2D eigenvalue weighted by molar-refractivity contribution is 0.0953. The van der Waals surface area contributed by atoms with E-state index in [1.54, 1.807) is 26.0 Å². The van der Waals surface area contributed by atoms with Crippen molar-refractivity contribution < 1.29 is 44.7 Å². The van der Waals surface area contributed by atoms with Gasteiger partial charge < -0.3 is 25.5 Å². The van der Waals surface area contributed by atoms with Gasteiger partial charge in [-0.15, -0.1) is 0 Å². The van der Waals surface area contributed by atoms with Gasteiger partial charge >= 0.3 is 0 Å². The summed E-state index contributed by atoms with van der Waals surface area (Å²) in [6.45, 7) is 7.18. The Morgan fingerprint density at radius 2 is 1.15 bits per heavy atom. The Morgan fingerprint density at radius 1 is 0.683 bits per heavy atom. The highest BCUT2D eigenvalue weighted by atomic mass is 16.3. The third-order valence-electron chi connectivity index (χ3n) is 7.14. The SMILES string of the molecule is CC(C)=CCC(C1=CC(=O)c2c(O)ccc(O)c2C1=O)C1=CC(=O)c2c(O)cc(C(O)CC=C(C)C)c(O)c2C1=O. The number of ketones is 4. The van der Waals surface area contributed by atoms with Crippen molar-refractivity contribution in [3.8, 4) is 23.0 Å². The number of aromatic hydroxyl groups is 4. The summed E-state index contributed by atoms with van der Waals surface area (Å²) in [5.41, 5.74) is -0.615. The normalized spacial score (nSPS) is 15.8. The maximum Gasteiger partial charge on any atom is 0.194 e. The van der Waals surface area contributed by atoms with Crippen LogP contribution in [0.1, 0.15) is 93.6 Å². The number of aliphatic hydroxyl groups excluding tert-OH is 1. The van der Waals surface area contributed by atoms with E-state index in [4.69, 9.17) is 0 Å². The maximum absolute atomic E-state index is 13.9. The molecule has 5 N–H and O–H groups in total. The van der Waals surface area contributed by atoms with Gasteiger partial charge in [-0.2, -0.15) is 0 Å². The number of phenols is 4. The highest BCUT2D eigenvalue weighted by Gasteiger charge is 2.41. The summed E-state index contributed by atoms with van der Waals surface area (Å²) in [4.78, 5) is 53.8. The second-order valence-electron chi connectivity index (χ2n) is 10.6. The molecule has 212 valence electrons. The van der Waals surface area contributed by atoms with Crippen molar-refractivity contribution in [1.29, 1.82) is 0 Å². The molecule has 41 heavy (non-hydrogen) atoms. The number of carbonyl (C=O) groups excluding carboxylic acids is 4. The lowest BCUT2D eigenvalue weighted by Gasteiger charge is -2.28. The minimum Gasteiger partial charge on any atom is -0.507 e. The number of phenolic OH excluding ortho intramolecular Hbond substituents is 4. The van der Waals surface area contributed by atoms with E-state index in [1.165, 1.54) is 0 Å². The first kappa shape index (κ1) is 29.2. The van der Waals surface area contributed by atoms with Gasteiger partial charge in [0.05, 0.1) is 28.4 Å². The molecule has 2 aromatic rings. The van der Waals surface area contributed by atoms with Crippen LogP contribution in [0.25, 0.3) is 0 Å². The number of carbonyl (C=O) groups is 4. The second kappa shape index (κ2) is 11.0. The zero-order valence-electron chi connectivity index (χ0n) is 23.0. The first-order valence-electron chi connectivity index (χ1n) is 12.9. The van der Waals surface area contributed by atoms with Gasteiger partial charge in [0.15, 0.2) is 23.1 Å². The molecule has 0 saturated heterocycles. The Bertz CT molecular complexity index is 1640. The fourth-order valence-corrected chi connectivity index (χ4v) is 5.08. The standard InChI is InChI=1S/C32H30O9/c1-14(2)5-7-16(17-11-23(36)26-21(34)9-10-22(35)28(26)30(17)39)18-12-24(37)27-25(38)13-19(20(33)8-6-15(3)4)32(41)29(27)31(18)40/h5-6,9-13,16,20,33-35,38,41H,7-8H2,1-4H3. The van der Waals surface area contributed by atoms with Gasteiger partial charge in [0.1, 0.15) is 23.0 Å². The van der Waals surface area contributed by atoms with Gasteiger partial charge in [-0.05, 0) is 70.9 Å². The quantitative estimate of drug-likeness (QED) is 0.227. The van der Waals surface area contributed by atoms with Crippen LogP contribution < -0.4 is 0 Å². The zero-order chi connectivity index (χ0) is 30.3. The van der Waals surface area contributed by atoms with Crippen molar-refractivity contribution in [3.63, 3.8) is 0 Å². The van der Waals surface area contributed by atoms with Gasteiger partial charge in [-0.25, -0.2) is 0 Å². The fraction of sp³-hybridized carbons (Fsp3) is 0.250. The molecule has 0 saturated carbocycles. The fourth-order valence-electron chi connectivity index (χ4n) is 5.08. The van der Waals surface area contributed by atoms with Crippen molar-refractivity contribution in [1.82, 2.24) is 0 Å². The van der Waals surface area contributed by atoms with Crippen LogP contribution in [0.15, 0.2) is 64.8 Å². The molecule has 0 bridgehead atoms. The first-order valence-corrected chi connectivity index (χ1v) is 12.9. The Balaban J connectivity index is 1.88. The van der Waals surface area contributed by atoms with Crippen LogP contribution in [0.4, 0.5) is 0 Å². The molecule has 4 rings (SSSR count). The second-order valence-corrected chi connectivity index (χ2v) is 10.6. The third kappa shape index (κ3) is 5.24. The number of rotatable bonds is 7. The van der Waals surface area contributed by atoms with E-state index in [0.29, 0.717) is 0 Å². The molecular formula is C32H30O9. The predicted molar refractivity (Wildman–Crippen MR) is 150 cm³/mol. The highest BCUT2D eigenvalue weighted by Crippen LogP contribution is 2.45.